The van der Waals surface area contributed by atoms with E-state index in [9.17, 15) is 0 Å². The third-order valence-electron chi connectivity index (χ3n) is 2.83. The first-order valence-corrected chi connectivity index (χ1v) is 5.86. The van der Waals surface area contributed by atoms with Crippen molar-refractivity contribution >= 4 is 21.6 Å². The normalized spacial score (nSPS) is 19.1. The molecule has 2 aromatic heterocycles. The molecule has 0 unspecified atom stereocenters. The summed E-state index contributed by atoms with van der Waals surface area (Å²) in [6, 6.07) is 2.00. The average molecular weight is 208 g/mol. The fraction of sp³-hybridized carbons (Fsp3) is 0.500. The highest BCUT2D eigenvalue weighted by atomic mass is 32.1. The third kappa shape index (κ3) is 1.26. The van der Waals surface area contributed by atoms with E-state index in [4.69, 9.17) is 4.52 Å². The Morgan fingerprint density at radius 3 is 3.14 bits per heavy atom. The van der Waals surface area contributed by atoms with Crippen molar-refractivity contribution in [1.82, 2.24) is 10.5 Å². The molecule has 4 heteroatoms. The maximum atomic E-state index is 5.28. The van der Waals surface area contributed by atoms with Crippen LogP contribution in [0.15, 0.2) is 16.0 Å². The number of nitrogens with zero attached hydrogens (tertiary/aromatic N) is 1. The molecule has 0 saturated carbocycles. The van der Waals surface area contributed by atoms with Gasteiger partial charge in [0, 0.05) is 5.92 Å². The average Bonchev–Trinajstić information content (AvgIpc) is 2.79. The Balaban J connectivity index is 1.99. The van der Waals surface area contributed by atoms with Crippen molar-refractivity contribution in [2.45, 2.75) is 18.8 Å². The second kappa shape index (κ2) is 3.37. The molecule has 0 radical (unpaired) electrons. The lowest BCUT2D eigenvalue weighted by molar-refractivity contribution is 0.404. The largest absolute Gasteiger partial charge is 0.355 e. The van der Waals surface area contributed by atoms with Gasteiger partial charge in [0.15, 0.2) is 5.58 Å². The van der Waals surface area contributed by atoms with E-state index < -0.39 is 0 Å². The quantitative estimate of drug-likeness (QED) is 0.781. The van der Waals surface area contributed by atoms with Gasteiger partial charge >= 0.3 is 0 Å². The molecule has 0 aromatic carbocycles. The second-order valence-corrected chi connectivity index (χ2v) is 4.62. The van der Waals surface area contributed by atoms with Crippen LogP contribution in [0.25, 0.3) is 10.3 Å². The molecule has 1 fully saturated rings. The lowest BCUT2D eigenvalue weighted by atomic mass is 9.95. The molecule has 0 aliphatic carbocycles. The van der Waals surface area contributed by atoms with E-state index in [0.717, 1.165) is 18.7 Å². The van der Waals surface area contributed by atoms with Crippen LogP contribution in [0.4, 0.5) is 0 Å². The first-order chi connectivity index (χ1) is 6.95. The lowest BCUT2D eigenvalue weighted by Crippen LogP contribution is -2.26. The number of hydrogen-bond acceptors (Lipinski definition) is 4. The predicted molar refractivity (Wildman–Crippen MR) is 56.7 cm³/mol. The summed E-state index contributed by atoms with van der Waals surface area (Å²) < 4.78 is 6.53. The molecule has 3 heterocycles. The van der Waals surface area contributed by atoms with E-state index in [1.807, 2.05) is 6.07 Å². The number of thiophene rings is 1. The predicted octanol–water partition coefficient (Wildman–Crippen LogP) is 2.36. The van der Waals surface area contributed by atoms with E-state index in [-0.39, 0.29) is 0 Å². The highest BCUT2D eigenvalue weighted by Gasteiger charge is 2.21. The Hall–Kier alpha value is -0.870. The zero-order valence-electron chi connectivity index (χ0n) is 7.82. The van der Waals surface area contributed by atoms with Gasteiger partial charge in [-0.25, -0.2) is 0 Å². The van der Waals surface area contributed by atoms with Crippen molar-refractivity contribution in [3.05, 3.63) is 17.1 Å². The van der Waals surface area contributed by atoms with E-state index in [0.29, 0.717) is 5.92 Å². The molecule has 0 bridgehead atoms. The van der Waals surface area contributed by atoms with E-state index >= 15 is 0 Å². The van der Waals surface area contributed by atoms with Gasteiger partial charge in [-0.1, -0.05) is 5.16 Å². The molecule has 1 aliphatic rings. The molecular formula is C10H12N2OS. The van der Waals surface area contributed by atoms with Gasteiger partial charge in [0.25, 0.3) is 0 Å². The molecule has 0 atom stereocenters. The van der Waals surface area contributed by atoms with Crippen LogP contribution in [0.1, 0.15) is 24.5 Å². The number of nitrogens with one attached hydrogen (secondary N) is 1. The van der Waals surface area contributed by atoms with E-state index in [1.54, 1.807) is 11.3 Å². The summed E-state index contributed by atoms with van der Waals surface area (Å²) >= 11 is 1.74. The Kier molecular flexibility index (Phi) is 2.03. The first kappa shape index (κ1) is 8.44. The number of hydrogen-bond donors (Lipinski definition) is 1. The van der Waals surface area contributed by atoms with Crippen LogP contribution in [0, 0.1) is 0 Å². The highest BCUT2D eigenvalue weighted by molar-refractivity contribution is 7.17. The number of piperidine rings is 1. The second-order valence-electron chi connectivity index (χ2n) is 3.71. The lowest BCUT2D eigenvalue weighted by Gasteiger charge is -2.20. The number of aromatic nitrogens is 1. The van der Waals surface area contributed by atoms with E-state index in [1.165, 1.54) is 23.2 Å². The van der Waals surface area contributed by atoms with Gasteiger partial charge in [-0.2, -0.15) is 0 Å². The minimum Gasteiger partial charge on any atom is -0.355 e. The monoisotopic (exact) mass is 208 g/mol. The molecule has 0 amide bonds. The maximum absolute atomic E-state index is 5.28. The zero-order valence-corrected chi connectivity index (χ0v) is 8.64. The standard InChI is InChI=1S/C10H12N2OS/c1-4-11-5-2-7(1)9-10-8(13-12-9)3-6-14-10/h3,6-7,11H,1-2,4-5H2. The molecule has 1 aliphatic heterocycles. The topological polar surface area (TPSA) is 38.1 Å². The summed E-state index contributed by atoms with van der Waals surface area (Å²) in [6.45, 7) is 2.20. The summed E-state index contributed by atoms with van der Waals surface area (Å²) in [5, 5.41) is 9.62. The Morgan fingerprint density at radius 2 is 2.29 bits per heavy atom. The van der Waals surface area contributed by atoms with Gasteiger partial charge in [-0.15, -0.1) is 11.3 Å². The van der Waals surface area contributed by atoms with Crippen LogP contribution in [0.2, 0.25) is 0 Å². The highest BCUT2D eigenvalue weighted by Crippen LogP contribution is 2.33. The van der Waals surface area contributed by atoms with Gasteiger partial charge in [0.2, 0.25) is 0 Å². The number of rotatable bonds is 1. The van der Waals surface area contributed by atoms with Gasteiger partial charge < -0.3 is 9.84 Å². The molecule has 74 valence electrons. The Morgan fingerprint density at radius 1 is 1.43 bits per heavy atom. The Labute approximate surface area is 86.1 Å². The molecule has 1 N–H and O–H groups in total. The van der Waals surface area contributed by atoms with Crippen LogP contribution < -0.4 is 5.32 Å². The van der Waals surface area contributed by atoms with Crippen molar-refractivity contribution in [3.8, 4) is 0 Å². The summed E-state index contributed by atoms with van der Waals surface area (Å²) in [4.78, 5) is 0. The smallest absolute Gasteiger partial charge is 0.177 e. The van der Waals surface area contributed by atoms with Gasteiger partial charge in [-0.05, 0) is 37.4 Å². The van der Waals surface area contributed by atoms with E-state index in [2.05, 4.69) is 15.9 Å². The van der Waals surface area contributed by atoms with Crippen molar-refractivity contribution in [2.24, 2.45) is 0 Å². The molecular weight excluding hydrogens is 196 g/mol. The van der Waals surface area contributed by atoms with Gasteiger partial charge in [-0.3, -0.25) is 0 Å². The Bertz CT molecular complexity index is 428. The minimum absolute atomic E-state index is 0.594. The molecule has 14 heavy (non-hydrogen) atoms. The van der Waals surface area contributed by atoms with Crippen molar-refractivity contribution in [2.75, 3.05) is 13.1 Å². The van der Waals surface area contributed by atoms with Crippen molar-refractivity contribution < 1.29 is 4.52 Å². The molecule has 1 saturated heterocycles. The zero-order chi connectivity index (χ0) is 9.38. The van der Waals surface area contributed by atoms with Crippen LogP contribution in [0.3, 0.4) is 0 Å². The van der Waals surface area contributed by atoms with Crippen LogP contribution in [-0.4, -0.2) is 18.2 Å². The fourth-order valence-corrected chi connectivity index (χ4v) is 2.93. The van der Waals surface area contributed by atoms with Crippen molar-refractivity contribution in [3.63, 3.8) is 0 Å². The SMILES string of the molecule is c1cc2onc(C3CCNCC3)c2s1. The third-order valence-corrected chi connectivity index (χ3v) is 3.75. The van der Waals surface area contributed by atoms with Gasteiger partial charge in [0.1, 0.15) is 5.69 Å². The van der Waals surface area contributed by atoms with Crippen LogP contribution in [-0.2, 0) is 0 Å². The summed E-state index contributed by atoms with van der Waals surface area (Å²) in [5.41, 5.74) is 2.13. The molecule has 2 aromatic rings. The van der Waals surface area contributed by atoms with Crippen molar-refractivity contribution in [1.29, 1.82) is 0 Å². The first-order valence-electron chi connectivity index (χ1n) is 4.98. The summed E-state index contributed by atoms with van der Waals surface area (Å²) in [5.74, 6) is 0.594. The number of fused-ring (bicyclic) bond motifs is 1. The maximum Gasteiger partial charge on any atom is 0.177 e. The molecule has 3 nitrogen and oxygen atoms in total. The molecule has 3 rings (SSSR count). The fourth-order valence-electron chi connectivity index (χ4n) is 2.05. The minimum atomic E-state index is 0.594. The van der Waals surface area contributed by atoms with Gasteiger partial charge in [0.05, 0.1) is 4.70 Å². The van der Waals surface area contributed by atoms with Crippen LogP contribution >= 0.6 is 11.3 Å². The summed E-state index contributed by atoms with van der Waals surface area (Å²) in [6.07, 6.45) is 2.36. The summed E-state index contributed by atoms with van der Waals surface area (Å²) in [7, 11) is 0. The van der Waals surface area contributed by atoms with Crippen LogP contribution in [0.5, 0.6) is 0 Å². The molecule has 0 spiro atoms.